The molecule has 1 fully saturated rings. The predicted octanol–water partition coefficient (Wildman–Crippen LogP) is 3.70. The average Bonchev–Trinajstić information content (AvgIpc) is 2.03. The van der Waals surface area contributed by atoms with Gasteiger partial charge in [0.05, 0.1) is 5.03 Å². The van der Waals surface area contributed by atoms with Gasteiger partial charge in [0.2, 0.25) is 0 Å². The molecule has 0 bridgehead atoms. The Hall–Kier alpha value is 0.570. The summed E-state index contributed by atoms with van der Waals surface area (Å²) in [5, 5.41) is -0.331. The van der Waals surface area contributed by atoms with Crippen LogP contribution in [0.1, 0.15) is 13.8 Å². The van der Waals surface area contributed by atoms with Crippen LogP contribution in [-0.2, 0) is 4.79 Å². The Balaban J connectivity index is 2.97. The second kappa shape index (κ2) is 3.62. The number of ketones is 1. The maximum atomic E-state index is 11.3. The van der Waals surface area contributed by atoms with Crippen LogP contribution >= 0.6 is 46.4 Å². The van der Waals surface area contributed by atoms with Crippen LogP contribution < -0.4 is 0 Å². The molecule has 5 heteroatoms. The van der Waals surface area contributed by atoms with Gasteiger partial charge in [0.15, 0.2) is 5.78 Å². The van der Waals surface area contributed by atoms with Gasteiger partial charge in [0, 0.05) is 11.3 Å². The van der Waals surface area contributed by atoms with E-state index >= 15 is 0 Å². The summed E-state index contributed by atoms with van der Waals surface area (Å²) in [6.07, 6.45) is 0. The van der Waals surface area contributed by atoms with Crippen molar-refractivity contribution in [3.05, 3.63) is 9.52 Å². The zero-order valence-electron chi connectivity index (χ0n) is 7.07. The van der Waals surface area contributed by atoms with Crippen LogP contribution in [0, 0.1) is 11.3 Å². The number of hydrogen-bond acceptors (Lipinski definition) is 1. The number of Topliss-reactive ketones (excluding diaryl/α,β-unsaturated/α-hetero) is 1. The van der Waals surface area contributed by atoms with Crippen LogP contribution in [0.25, 0.3) is 0 Å². The van der Waals surface area contributed by atoms with E-state index in [2.05, 4.69) is 0 Å². The fourth-order valence-electron chi connectivity index (χ4n) is 1.49. The molecule has 2 atom stereocenters. The number of rotatable bonds is 1. The van der Waals surface area contributed by atoms with Gasteiger partial charge < -0.3 is 0 Å². The van der Waals surface area contributed by atoms with Gasteiger partial charge in [-0.1, -0.05) is 48.7 Å². The first-order valence-corrected chi connectivity index (χ1v) is 5.26. The van der Waals surface area contributed by atoms with Crippen molar-refractivity contribution >= 4 is 52.2 Å². The summed E-state index contributed by atoms with van der Waals surface area (Å²) >= 11 is 22.7. The molecule has 2 unspecified atom stereocenters. The van der Waals surface area contributed by atoms with Crippen molar-refractivity contribution in [2.24, 2.45) is 11.3 Å². The quantitative estimate of drug-likeness (QED) is 0.658. The Morgan fingerprint density at radius 3 is 2.08 bits per heavy atom. The Kier molecular flexibility index (Phi) is 3.24. The van der Waals surface area contributed by atoms with Gasteiger partial charge >= 0.3 is 0 Å². The zero-order chi connectivity index (χ0) is 10.4. The molecule has 1 nitrogen and oxygen atoms in total. The van der Waals surface area contributed by atoms with Crippen LogP contribution in [0.2, 0.25) is 0 Å². The summed E-state index contributed by atoms with van der Waals surface area (Å²) < 4.78 is -0.0158. The number of hydrogen-bond donors (Lipinski definition) is 0. The monoisotopic (exact) mass is 260 g/mol. The molecule has 0 spiro atoms. The van der Waals surface area contributed by atoms with Gasteiger partial charge in [-0.15, -0.1) is 11.6 Å². The smallest absolute Gasteiger partial charge is 0.157 e. The van der Waals surface area contributed by atoms with E-state index in [1.165, 1.54) is 0 Å². The third-order valence-corrected chi connectivity index (χ3v) is 3.88. The molecule has 13 heavy (non-hydrogen) atoms. The molecule has 1 rings (SSSR count). The molecular weight excluding hydrogens is 254 g/mol. The molecule has 0 aromatic rings. The van der Waals surface area contributed by atoms with E-state index in [1.54, 1.807) is 13.8 Å². The maximum absolute atomic E-state index is 11.3. The van der Waals surface area contributed by atoms with Crippen LogP contribution in [-0.4, -0.2) is 11.2 Å². The molecular formula is C8H8Cl4O. The Labute approximate surface area is 97.0 Å². The SMILES string of the molecule is CC1(C)C(=O)C(Cl)C1C(Cl)=C(Cl)Cl. The average molecular weight is 262 g/mol. The standard InChI is InChI=1S/C8H8Cl4O/c1-8(2)3(4(9)6(8)13)5(10)7(11)12/h3-4H,1-2H3. The summed E-state index contributed by atoms with van der Waals surface area (Å²) in [5.74, 6) is -0.291. The Morgan fingerprint density at radius 2 is 1.77 bits per heavy atom. The minimum absolute atomic E-state index is 0.0158. The molecule has 0 N–H and O–H groups in total. The first-order valence-electron chi connectivity index (χ1n) is 3.69. The van der Waals surface area contributed by atoms with Crippen molar-refractivity contribution < 1.29 is 4.79 Å². The van der Waals surface area contributed by atoms with Crippen LogP contribution in [0.15, 0.2) is 9.52 Å². The lowest BCUT2D eigenvalue weighted by Crippen LogP contribution is -2.55. The third-order valence-electron chi connectivity index (χ3n) is 2.41. The third kappa shape index (κ3) is 1.72. The van der Waals surface area contributed by atoms with E-state index in [1.807, 2.05) is 0 Å². The van der Waals surface area contributed by atoms with Crippen molar-refractivity contribution in [2.75, 3.05) is 0 Å². The lowest BCUT2D eigenvalue weighted by molar-refractivity contribution is -0.139. The van der Waals surface area contributed by atoms with Crippen molar-refractivity contribution in [1.29, 1.82) is 0 Å². The van der Waals surface area contributed by atoms with Crippen molar-refractivity contribution in [2.45, 2.75) is 19.2 Å². The van der Waals surface area contributed by atoms with Gasteiger partial charge in [0.25, 0.3) is 0 Å². The highest BCUT2D eigenvalue weighted by atomic mass is 35.5. The lowest BCUT2D eigenvalue weighted by atomic mass is 9.61. The summed E-state index contributed by atoms with van der Waals surface area (Å²) in [7, 11) is 0. The van der Waals surface area contributed by atoms with E-state index in [4.69, 9.17) is 46.4 Å². The van der Waals surface area contributed by atoms with E-state index < -0.39 is 10.8 Å². The van der Waals surface area contributed by atoms with Gasteiger partial charge in [-0.3, -0.25) is 4.79 Å². The molecule has 1 saturated carbocycles. The van der Waals surface area contributed by atoms with Gasteiger partial charge in [-0.25, -0.2) is 0 Å². The Morgan fingerprint density at radius 1 is 1.31 bits per heavy atom. The fraction of sp³-hybridized carbons (Fsp3) is 0.625. The molecule has 0 radical (unpaired) electrons. The molecule has 0 heterocycles. The van der Waals surface area contributed by atoms with Gasteiger partial charge in [-0.2, -0.15) is 0 Å². The first-order chi connectivity index (χ1) is 5.80. The predicted molar refractivity (Wildman–Crippen MR) is 56.5 cm³/mol. The van der Waals surface area contributed by atoms with Gasteiger partial charge in [-0.05, 0) is 0 Å². The lowest BCUT2D eigenvalue weighted by Gasteiger charge is -2.46. The molecule has 0 aromatic heterocycles. The minimum Gasteiger partial charge on any atom is -0.297 e. The highest BCUT2D eigenvalue weighted by Crippen LogP contribution is 2.52. The number of carbonyl (C=O) groups excluding carboxylic acids is 1. The fourth-order valence-corrected chi connectivity index (χ4v) is 2.91. The zero-order valence-corrected chi connectivity index (χ0v) is 10.1. The molecule has 0 aromatic carbocycles. The van der Waals surface area contributed by atoms with Crippen LogP contribution in [0.5, 0.6) is 0 Å². The number of halogens is 4. The second-order valence-electron chi connectivity index (χ2n) is 3.57. The van der Waals surface area contributed by atoms with Crippen molar-refractivity contribution in [3.8, 4) is 0 Å². The second-order valence-corrected chi connectivity index (χ2v) is 5.40. The summed E-state index contributed by atoms with van der Waals surface area (Å²) in [6, 6.07) is 0. The van der Waals surface area contributed by atoms with Crippen molar-refractivity contribution in [1.82, 2.24) is 0 Å². The van der Waals surface area contributed by atoms with Gasteiger partial charge in [0.1, 0.15) is 9.87 Å². The number of allylic oxidation sites excluding steroid dienone is 1. The topological polar surface area (TPSA) is 17.1 Å². The Bertz CT molecular complexity index is 278. The summed E-state index contributed by atoms with van der Waals surface area (Å²) in [6.45, 7) is 3.55. The summed E-state index contributed by atoms with van der Waals surface area (Å²) in [4.78, 5) is 11.3. The molecule has 0 saturated heterocycles. The van der Waals surface area contributed by atoms with Crippen LogP contribution in [0.3, 0.4) is 0 Å². The highest BCUT2D eigenvalue weighted by molar-refractivity contribution is 6.59. The minimum atomic E-state index is -0.602. The number of carbonyl (C=O) groups is 1. The summed E-state index contributed by atoms with van der Waals surface area (Å²) in [5.41, 5.74) is -0.557. The van der Waals surface area contributed by atoms with E-state index in [0.717, 1.165) is 0 Å². The largest absolute Gasteiger partial charge is 0.297 e. The highest BCUT2D eigenvalue weighted by Gasteiger charge is 2.56. The molecule has 0 aliphatic heterocycles. The van der Waals surface area contributed by atoms with E-state index in [-0.39, 0.29) is 21.2 Å². The molecule has 0 amide bonds. The molecule has 74 valence electrons. The number of alkyl halides is 1. The van der Waals surface area contributed by atoms with E-state index in [0.29, 0.717) is 0 Å². The molecule has 1 aliphatic carbocycles. The van der Waals surface area contributed by atoms with Crippen LogP contribution in [0.4, 0.5) is 0 Å². The first kappa shape index (κ1) is 11.6. The normalized spacial score (nSPS) is 31.1. The maximum Gasteiger partial charge on any atom is 0.157 e. The molecule has 1 aliphatic rings. The van der Waals surface area contributed by atoms with Crippen molar-refractivity contribution in [3.63, 3.8) is 0 Å². The van der Waals surface area contributed by atoms with E-state index in [9.17, 15) is 4.79 Å².